The highest BCUT2D eigenvalue weighted by molar-refractivity contribution is 6.30. The van der Waals surface area contributed by atoms with Gasteiger partial charge in [-0.25, -0.2) is 4.68 Å². The van der Waals surface area contributed by atoms with Gasteiger partial charge in [0.2, 0.25) is 0 Å². The summed E-state index contributed by atoms with van der Waals surface area (Å²) < 4.78 is 7.65. The number of rotatable bonds is 6. The van der Waals surface area contributed by atoms with Crippen LogP contribution in [0.1, 0.15) is 73.6 Å². The molecule has 1 amide bonds. The third-order valence-corrected chi connectivity index (χ3v) is 6.29. The second kappa shape index (κ2) is 9.31. The summed E-state index contributed by atoms with van der Waals surface area (Å²) >= 11 is 6.06. The first-order valence-corrected chi connectivity index (χ1v) is 11.3. The predicted octanol–water partition coefficient (Wildman–Crippen LogP) is 4.87. The van der Waals surface area contributed by atoms with Crippen molar-refractivity contribution in [2.24, 2.45) is 0 Å². The van der Waals surface area contributed by atoms with Crippen molar-refractivity contribution in [2.75, 3.05) is 6.61 Å². The lowest BCUT2D eigenvalue weighted by Gasteiger charge is -2.16. The summed E-state index contributed by atoms with van der Waals surface area (Å²) in [5.41, 5.74) is 3.82. The fourth-order valence-electron chi connectivity index (χ4n) is 4.43. The molecule has 1 fully saturated rings. The molecule has 0 bridgehead atoms. The zero-order valence-electron chi connectivity index (χ0n) is 17.1. The Morgan fingerprint density at radius 1 is 1.24 bits per heavy atom. The average molecular weight is 416 g/mol. The molecule has 2 aliphatic rings. The lowest BCUT2D eigenvalue weighted by atomic mass is 10.1. The highest BCUT2D eigenvalue weighted by Crippen LogP contribution is 2.27. The number of hydrogen-bond donors (Lipinski definition) is 1. The van der Waals surface area contributed by atoms with Crippen molar-refractivity contribution in [1.82, 2.24) is 15.1 Å². The Kier molecular flexibility index (Phi) is 6.56. The first-order chi connectivity index (χ1) is 14.1. The highest BCUT2D eigenvalue weighted by Gasteiger charge is 2.26. The molecule has 1 aromatic carbocycles. The monoisotopic (exact) mass is 415 g/mol. The standard InChI is InChI=1S/C23H30ClN3O2/c1-16(9-14-19-6-5-15-29-19)25-23(28)22-20-7-3-2-4-8-21(20)27(26-22)18-12-10-17(24)11-13-18/h10-13,16,19H,2-9,14-15H2,1H3,(H,25,28). The van der Waals surface area contributed by atoms with Gasteiger partial charge in [-0.1, -0.05) is 18.0 Å². The number of carbonyl (C=O) groups excluding carboxylic acids is 1. The van der Waals surface area contributed by atoms with Crippen LogP contribution in [0.25, 0.3) is 5.69 Å². The second-order valence-corrected chi connectivity index (χ2v) is 8.75. The summed E-state index contributed by atoms with van der Waals surface area (Å²) in [4.78, 5) is 13.1. The average Bonchev–Trinajstić information content (AvgIpc) is 3.29. The third-order valence-electron chi connectivity index (χ3n) is 6.04. The molecule has 29 heavy (non-hydrogen) atoms. The van der Waals surface area contributed by atoms with Gasteiger partial charge in [-0.3, -0.25) is 4.79 Å². The van der Waals surface area contributed by atoms with Gasteiger partial charge in [0.25, 0.3) is 5.91 Å². The smallest absolute Gasteiger partial charge is 0.272 e. The number of nitrogens with zero attached hydrogens (tertiary/aromatic N) is 2. The van der Waals surface area contributed by atoms with Crippen LogP contribution in [0.2, 0.25) is 5.02 Å². The van der Waals surface area contributed by atoms with Crippen LogP contribution in [0.15, 0.2) is 24.3 Å². The molecule has 2 atom stereocenters. The van der Waals surface area contributed by atoms with Crippen molar-refractivity contribution in [1.29, 1.82) is 0 Å². The zero-order valence-corrected chi connectivity index (χ0v) is 17.9. The first-order valence-electron chi connectivity index (χ1n) is 10.9. The number of ether oxygens (including phenoxy) is 1. The van der Waals surface area contributed by atoms with Gasteiger partial charge in [0.15, 0.2) is 5.69 Å². The van der Waals surface area contributed by atoms with E-state index >= 15 is 0 Å². The zero-order chi connectivity index (χ0) is 20.2. The lowest BCUT2D eigenvalue weighted by Crippen LogP contribution is -2.34. The number of carbonyl (C=O) groups is 1. The maximum Gasteiger partial charge on any atom is 0.272 e. The molecule has 4 rings (SSSR count). The van der Waals surface area contributed by atoms with Crippen molar-refractivity contribution in [3.63, 3.8) is 0 Å². The van der Waals surface area contributed by atoms with Crippen LogP contribution in [0.4, 0.5) is 0 Å². The highest BCUT2D eigenvalue weighted by atomic mass is 35.5. The van der Waals surface area contributed by atoms with Gasteiger partial charge in [-0.05, 0) is 82.6 Å². The molecule has 2 heterocycles. The number of benzene rings is 1. The van der Waals surface area contributed by atoms with Crippen molar-refractivity contribution in [3.8, 4) is 5.69 Å². The number of aromatic nitrogens is 2. The van der Waals surface area contributed by atoms with Crippen molar-refractivity contribution >= 4 is 17.5 Å². The van der Waals surface area contributed by atoms with Crippen LogP contribution in [0, 0.1) is 0 Å². The van der Waals surface area contributed by atoms with Gasteiger partial charge >= 0.3 is 0 Å². The number of fused-ring (bicyclic) bond motifs is 1. The normalized spacial score (nSPS) is 20.1. The fraction of sp³-hybridized carbons (Fsp3) is 0.565. The van der Waals surface area contributed by atoms with E-state index in [9.17, 15) is 4.79 Å². The van der Waals surface area contributed by atoms with Gasteiger partial charge < -0.3 is 10.1 Å². The molecule has 1 aromatic heterocycles. The molecule has 1 aliphatic carbocycles. The minimum Gasteiger partial charge on any atom is -0.378 e. The van der Waals surface area contributed by atoms with Crippen molar-refractivity contribution in [2.45, 2.75) is 76.9 Å². The van der Waals surface area contributed by atoms with E-state index in [1.165, 1.54) is 12.1 Å². The Bertz CT molecular complexity index is 841. The third kappa shape index (κ3) is 4.84. The summed E-state index contributed by atoms with van der Waals surface area (Å²) in [5.74, 6) is -0.0595. The number of hydrogen-bond acceptors (Lipinski definition) is 3. The van der Waals surface area contributed by atoms with E-state index in [0.29, 0.717) is 16.8 Å². The molecule has 5 nitrogen and oxygen atoms in total. The topological polar surface area (TPSA) is 56.1 Å². The Morgan fingerprint density at radius 3 is 2.79 bits per heavy atom. The quantitative estimate of drug-likeness (QED) is 0.684. The first kappa shape index (κ1) is 20.4. The van der Waals surface area contributed by atoms with Gasteiger partial charge in [-0.2, -0.15) is 5.10 Å². The van der Waals surface area contributed by atoms with E-state index in [2.05, 4.69) is 12.2 Å². The van der Waals surface area contributed by atoms with Crippen LogP contribution in [0.5, 0.6) is 0 Å². The summed E-state index contributed by atoms with van der Waals surface area (Å²) in [6.07, 6.45) is 9.86. The van der Waals surface area contributed by atoms with Crippen LogP contribution in [0.3, 0.4) is 0 Å². The summed E-state index contributed by atoms with van der Waals surface area (Å²) in [5, 5.41) is 8.63. The van der Waals surface area contributed by atoms with E-state index in [-0.39, 0.29) is 11.9 Å². The number of nitrogens with one attached hydrogen (secondary N) is 1. The summed E-state index contributed by atoms with van der Waals surface area (Å²) in [7, 11) is 0. The van der Waals surface area contributed by atoms with Crippen molar-refractivity contribution < 1.29 is 9.53 Å². The molecule has 1 N–H and O–H groups in total. The molecule has 2 aromatic rings. The molecular formula is C23H30ClN3O2. The Labute approximate surface area is 177 Å². The van der Waals surface area contributed by atoms with E-state index < -0.39 is 0 Å². The molecule has 0 saturated carbocycles. The minimum atomic E-state index is -0.0595. The van der Waals surface area contributed by atoms with Gasteiger partial charge in [0.1, 0.15) is 0 Å². The lowest BCUT2D eigenvalue weighted by molar-refractivity contribution is 0.0894. The minimum absolute atomic E-state index is 0.0595. The molecule has 1 aliphatic heterocycles. The van der Waals surface area contributed by atoms with Crippen LogP contribution in [-0.4, -0.2) is 34.4 Å². The Balaban J connectivity index is 1.52. The van der Waals surface area contributed by atoms with Crippen LogP contribution in [-0.2, 0) is 17.6 Å². The Morgan fingerprint density at radius 2 is 2.03 bits per heavy atom. The molecule has 1 saturated heterocycles. The Hall–Kier alpha value is -1.85. The van der Waals surface area contributed by atoms with Gasteiger partial charge in [-0.15, -0.1) is 0 Å². The number of amides is 1. The molecule has 6 heteroatoms. The summed E-state index contributed by atoms with van der Waals surface area (Å²) in [6.45, 7) is 2.95. The van der Waals surface area contributed by atoms with E-state index in [0.717, 1.165) is 69.2 Å². The molecule has 156 valence electrons. The van der Waals surface area contributed by atoms with E-state index in [4.69, 9.17) is 21.4 Å². The maximum atomic E-state index is 13.1. The molecular weight excluding hydrogens is 386 g/mol. The van der Waals surface area contributed by atoms with Crippen LogP contribution < -0.4 is 5.32 Å². The van der Waals surface area contributed by atoms with Gasteiger partial charge in [0, 0.05) is 28.9 Å². The molecule has 2 unspecified atom stereocenters. The predicted molar refractivity (Wildman–Crippen MR) is 115 cm³/mol. The fourth-order valence-corrected chi connectivity index (χ4v) is 4.55. The SMILES string of the molecule is CC(CCC1CCCO1)NC(=O)c1nn(-c2ccc(Cl)cc2)c2c1CCCCC2. The molecule has 0 radical (unpaired) electrons. The summed E-state index contributed by atoms with van der Waals surface area (Å²) in [6, 6.07) is 7.77. The van der Waals surface area contributed by atoms with Crippen molar-refractivity contribution in [3.05, 3.63) is 46.2 Å². The number of halogens is 1. The van der Waals surface area contributed by atoms with E-state index in [1.54, 1.807) is 0 Å². The van der Waals surface area contributed by atoms with Gasteiger partial charge in [0.05, 0.1) is 11.8 Å². The maximum absolute atomic E-state index is 13.1. The van der Waals surface area contributed by atoms with E-state index in [1.807, 2.05) is 28.9 Å². The van der Waals surface area contributed by atoms with Crippen LogP contribution >= 0.6 is 11.6 Å². The second-order valence-electron chi connectivity index (χ2n) is 8.31. The molecule has 0 spiro atoms. The largest absolute Gasteiger partial charge is 0.378 e.